The third kappa shape index (κ3) is 2.81. The fourth-order valence-corrected chi connectivity index (χ4v) is 4.09. The average Bonchev–Trinajstić information content (AvgIpc) is 3.12. The van der Waals surface area contributed by atoms with Gasteiger partial charge in [-0.15, -0.1) is 0 Å². The van der Waals surface area contributed by atoms with Gasteiger partial charge in [-0.25, -0.2) is 4.52 Å². The summed E-state index contributed by atoms with van der Waals surface area (Å²) < 4.78 is 3.22. The number of quaternary nitrogens is 1. The Hall–Kier alpha value is -1.55. The number of aryl methyl sites for hydroxylation is 3. The highest BCUT2D eigenvalue weighted by Gasteiger charge is 2.29. The molecule has 2 aromatic rings. The fraction of sp³-hybridized carbons (Fsp3) is 0.650. The van der Waals surface area contributed by atoms with Crippen LogP contribution in [0, 0.1) is 0 Å². The molecule has 0 atom stereocenters. The van der Waals surface area contributed by atoms with Crippen LogP contribution in [0.15, 0.2) is 12.1 Å². The van der Waals surface area contributed by atoms with Gasteiger partial charge in [0.2, 0.25) is 0 Å². The van der Waals surface area contributed by atoms with Gasteiger partial charge in [0.05, 0.1) is 42.6 Å². The number of rotatable bonds is 6. The maximum absolute atomic E-state index is 6.41. The molecule has 1 aliphatic carbocycles. The van der Waals surface area contributed by atoms with E-state index in [2.05, 4.69) is 51.4 Å². The molecule has 132 valence electrons. The summed E-state index contributed by atoms with van der Waals surface area (Å²) in [5, 5.41) is 4.88. The lowest BCUT2D eigenvalue weighted by Gasteiger charge is -2.42. The molecule has 0 saturated carbocycles. The number of anilines is 1. The first kappa shape index (κ1) is 17.3. The SMILES string of the molecule is CC(C)[N+](C)(CCCc1nn2c3c(ccc2c1N)CCC3)C(C)C. The van der Waals surface area contributed by atoms with E-state index in [4.69, 9.17) is 10.8 Å². The van der Waals surface area contributed by atoms with Crippen molar-refractivity contribution in [2.75, 3.05) is 19.3 Å². The summed E-state index contributed by atoms with van der Waals surface area (Å²) in [6.45, 7) is 10.5. The minimum absolute atomic E-state index is 0.631. The lowest BCUT2D eigenvalue weighted by molar-refractivity contribution is -0.949. The Labute approximate surface area is 146 Å². The van der Waals surface area contributed by atoms with Gasteiger partial charge in [0.1, 0.15) is 0 Å². The largest absolute Gasteiger partial charge is 0.395 e. The van der Waals surface area contributed by atoms with Gasteiger partial charge in [0.25, 0.3) is 0 Å². The van der Waals surface area contributed by atoms with Crippen LogP contribution in [-0.2, 0) is 19.3 Å². The molecule has 0 aliphatic heterocycles. The Morgan fingerprint density at radius 3 is 2.54 bits per heavy atom. The van der Waals surface area contributed by atoms with Crippen molar-refractivity contribution in [3.05, 3.63) is 29.1 Å². The molecule has 0 saturated heterocycles. The summed E-state index contributed by atoms with van der Waals surface area (Å²) in [6, 6.07) is 5.65. The van der Waals surface area contributed by atoms with Crippen molar-refractivity contribution >= 4 is 11.2 Å². The summed E-state index contributed by atoms with van der Waals surface area (Å²) in [5.41, 5.74) is 12.3. The second kappa shape index (κ2) is 6.40. The zero-order valence-electron chi connectivity index (χ0n) is 16.0. The Kier molecular flexibility index (Phi) is 4.60. The number of nitrogen functional groups attached to an aromatic ring is 1. The Balaban J connectivity index is 1.78. The lowest BCUT2D eigenvalue weighted by atomic mass is 10.1. The van der Waals surface area contributed by atoms with Crippen molar-refractivity contribution in [2.24, 2.45) is 0 Å². The number of nitrogens with two attached hydrogens (primary N) is 1. The summed E-state index contributed by atoms with van der Waals surface area (Å²) in [5.74, 6) is 0. The second-order valence-electron chi connectivity index (χ2n) is 8.18. The zero-order chi connectivity index (χ0) is 17.5. The summed E-state index contributed by atoms with van der Waals surface area (Å²) >= 11 is 0. The van der Waals surface area contributed by atoms with Crippen molar-refractivity contribution < 1.29 is 4.48 Å². The van der Waals surface area contributed by atoms with Crippen LogP contribution in [-0.4, -0.2) is 39.8 Å². The minimum atomic E-state index is 0.631. The maximum Gasteiger partial charge on any atom is 0.0897 e. The Morgan fingerprint density at radius 2 is 1.88 bits per heavy atom. The molecule has 2 aromatic heterocycles. The van der Waals surface area contributed by atoms with E-state index in [-0.39, 0.29) is 0 Å². The van der Waals surface area contributed by atoms with Gasteiger partial charge in [-0.1, -0.05) is 6.07 Å². The molecule has 0 unspecified atom stereocenters. The van der Waals surface area contributed by atoms with Crippen LogP contribution in [0.2, 0.25) is 0 Å². The average molecular weight is 330 g/mol. The van der Waals surface area contributed by atoms with Crippen molar-refractivity contribution in [1.82, 2.24) is 9.61 Å². The van der Waals surface area contributed by atoms with Crippen molar-refractivity contribution in [3.8, 4) is 0 Å². The molecule has 1 aliphatic rings. The summed E-state index contributed by atoms with van der Waals surface area (Å²) in [7, 11) is 2.37. The number of hydrogen-bond donors (Lipinski definition) is 1. The Morgan fingerprint density at radius 1 is 1.17 bits per heavy atom. The zero-order valence-corrected chi connectivity index (χ0v) is 16.0. The highest BCUT2D eigenvalue weighted by atomic mass is 15.4. The van der Waals surface area contributed by atoms with Crippen LogP contribution < -0.4 is 5.73 Å². The van der Waals surface area contributed by atoms with Gasteiger partial charge in [-0.3, -0.25) is 0 Å². The molecule has 4 heteroatoms. The molecule has 24 heavy (non-hydrogen) atoms. The monoisotopic (exact) mass is 329 g/mol. The second-order valence-corrected chi connectivity index (χ2v) is 8.18. The predicted octanol–water partition coefficient (Wildman–Crippen LogP) is 3.60. The number of aromatic nitrogens is 2. The van der Waals surface area contributed by atoms with Crippen molar-refractivity contribution in [2.45, 2.75) is 71.9 Å². The summed E-state index contributed by atoms with van der Waals surface area (Å²) in [4.78, 5) is 0. The van der Waals surface area contributed by atoms with Gasteiger partial charge < -0.3 is 10.2 Å². The third-order valence-corrected chi connectivity index (χ3v) is 6.38. The predicted molar refractivity (Wildman–Crippen MR) is 101 cm³/mol. The minimum Gasteiger partial charge on any atom is -0.395 e. The molecule has 3 rings (SSSR count). The molecule has 4 nitrogen and oxygen atoms in total. The van der Waals surface area contributed by atoms with E-state index in [1.165, 1.54) is 30.6 Å². The van der Waals surface area contributed by atoms with Gasteiger partial charge in [0.15, 0.2) is 0 Å². The molecule has 0 aromatic carbocycles. The van der Waals surface area contributed by atoms with E-state index in [0.29, 0.717) is 12.1 Å². The molecule has 0 spiro atoms. The maximum atomic E-state index is 6.41. The van der Waals surface area contributed by atoms with Crippen LogP contribution in [0.1, 0.15) is 57.5 Å². The highest BCUT2D eigenvalue weighted by molar-refractivity contribution is 5.73. The van der Waals surface area contributed by atoms with Crippen LogP contribution in [0.3, 0.4) is 0 Å². The molecule has 0 bridgehead atoms. The molecular weight excluding hydrogens is 296 g/mol. The van der Waals surface area contributed by atoms with Crippen LogP contribution in [0.5, 0.6) is 0 Å². The standard InChI is InChI=1S/C20H33N4/c1-14(2)24(5,15(3)4)13-7-9-17-20(21)19-12-11-16-8-6-10-18(16)23(19)22-17/h11-12,14-15H,6-10,13,21H2,1-5H3/q+1. The lowest BCUT2D eigenvalue weighted by Crippen LogP contribution is -2.55. The normalized spacial score (nSPS) is 15.0. The Bertz CT molecular complexity index is 719. The number of hydrogen-bond acceptors (Lipinski definition) is 2. The van der Waals surface area contributed by atoms with E-state index in [9.17, 15) is 0 Å². The number of pyridine rings is 1. The molecular formula is C20H33N4+. The molecule has 0 fully saturated rings. The van der Waals surface area contributed by atoms with Crippen LogP contribution in [0.4, 0.5) is 5.69 Å². The molecule has 2 heterocycles. The van der Waals surface area contributed by atoms with E-state index >= 15 is 0 Å². The van der Waals surface area contributed by atoms with E-state index in [1.54, 1.807) is 0 Å². The van der Waals surface area contributed by atoms with Gasteiger partial charge in [-0.05, 0) is 65.0 Å². The van der Waals surface area contributed by atoms with E-state index in [1.807, 2.05) is 0 Å². The topological polar surface area (TPSA) is 43.3 Å². The molecule has 2 N–H and O–H groups in total. The smallest absolute Gasteiger partial charge is 0.0897 e. The quantitative estimate of drug-likeness (QED) is 0.823. The number of fused-ring (bicyclic) bond motifs is 3. The van der Waals surface area contributed by atoms with Crippen LogP contribution >= 0.6 is 0 Å². The molecule has 0 radical (unpaired) electrons. The first-order valence-corrected chi connectivity index (χ1v) is 9.47. The van der Waals surface area contributed by atoms with Crippen molar-refractivity contribution in [3.63, 3.8) is 0 Å². The van der Waals surface area contributed by atoms with E-state index < -0.39 is 0 Å². The van der Waals surface area contributed by atoms with E-state index in [0.717, 1.165) is 40.6 Å². The fourth-order valence-electron chi connectivity index (χ4n) is 4.09. The number of nitrogens with zero attached hydrogens (tertiary/aromatic N) is 3. The first-order chi connectivity index (χ1) is 11.3. The molecule has 0 amide bonds. The highest BCUT2D eigenvalue weighted by Crippen LogP contribution is 2.28. The van der Waals surface area contributed by atoms with Crippen molar-refractivity contribution in [1.29, 1.82) is 0 Å². The first-order valence-electron chi connectivity index (χ1n) is 9.47. The van der Waals surface area contributed by atoms with Gasteiger partial charge in [0, 0.05) is 12.1 Å². The third-order valence-electron chi connectivity index (χ3n) is 6.38. The van der Waals surface area contributed by atoms with Gasteiger partial charge in [-0.2, -0.15) is 5.10 Å². The summed E-state index contributed by atoms with van der Waals surface area (Å²) in [6.07, 6.45) is 5.64. The van der Waals surface area contributed by atoms with Gasteiger partial charge >= 0.3 is 0 Å². The van der Waals surface area contributed by atoms with Crippen LogP contribution in [0.25, 0.3) is 5.52 Å².